The molecule has 0 unspecified atom stereocenters. The largest absolute Gasteiger partial charge is 0.496 e. The van der Waals surface area contributed by atoms with E-state index in [1.54, 1.807) is 7.11 Å². The van der Waals surface area contributed by atoms with Gasteiger partial charge in [-0.1, -0.05) is 97.1 Å². The van der Waals surface area contributed by atoms with Crippen LogP contribution in [0.25, 0.3) is 54.6 Å². The maximum atomic E-state index is 14.3. The highest BCUT2D eigenvalue weighted by Crippen LogP contribution is 2.46. The van der Waals surface area contributed by atoms with Gasteiger partial charge in [-0.05, 0) is 49.9 Å². The summed E-state index contributed by atoms with van der Waals surface area (Å²) >= 11 is 0. The number of fused-ring (bicyclic) bond motifs is 5. The lowest BCUT2D eigenvalue weighted by Gasteiger charge is -2.24. The summed E-state index contributed by atoms with van der Waals surface area (Å²) in [6.07, 6.45) is 0. The Morgan fingerprint density at radius 1 is 0.500 bits per heavy atom. The van der Waals surface area contributed by atoms with E-state index >= 15 is 0 Å². The minimum atomic E-state index is 0.0889. The summed E-state index contributed by atoms with van der Waals surface area (Å²) < 4.78 is 5.62. The van der Waals surface area contributed by atoms with Gasteiger partial charge in [0.05, 0.1) is 7.11 Å². The van der Waals surface area contributed by atoms with Gasteiger partial charge in [-0.25, -0.2) is 0 Å². The van der Waals surface area contributed by atoms with E-state index in [1.165, 1.54) is 0 Å². The normalized spacial score (nSPS) is 12.3. The van der Waals surface area contributed by atoms with Crippen LogP contribution in [0.2, 0.25) is 0 Å². The summed E-state index contributed by atoms with van der Waals surface area (Å²) in [4.78, 5) is 14.3. The van der Waals surface area contributed by atoms with Gasteiger partial charge in [0, 0.05) is 21.9 Å². The van der Waals surface area contributed by atoms with Crippen molar-refractivity contribution >= 4 is 38.1 Å². The molecule has 0 atom stereocenters. The molecule has 6 aromatic carbocycles. The molecule has 0 saturated heterocycles. The molecule has 34 heavy (non-hydrogen) atoms. The van der Waals surface area contributed by atoms with Crippen LogP contribution in [0.4, 0.5) is 0 Å². The number of carbonyl (C=O) groups excluding carboxylic acids is 1. The van der Waals surface area contributed by atoms with Crippen molar-refractivity contribution in [3.63, 3.8) is 0 Å². The average molecular weight is 437 g/mol. The fourth-order valence-electron chi connectivity index (χ4n) is 5.62. The third-order valence-corrected chi connectivity index (χ3v) is 7.11. The predicted octanol–water partition coefficient (Wildman–Crippen LogP) is 8.03. The molecule has 0 fully saturated rings. The van der Waals surface area contributed by atoms with Crippen molar-refractivity contribution in [3.05, 3.63) is 114 Å². The Bertz CT molecular complexity index is 1810. The van der Waals surface area contributed by atoms with Gasteiger partial charge < -0.3 is 4.74 Å². The summed E-state index contributed by atoms with van der Waals surface area (Å²) in [5, 5.41) is 6.32. The van der Waals surface area contributed by atoms with Crippen LogP contribution >= 0.6 is 0 Å². The number of carbonyl (C=O) groups is 1. The van der Waals surface area contributed by atoms with E-state index < -0.39 is 0 Å². The average Bonchev–Trinajstić information content (AvgIpc) is 2.90. The molecule has 0 saturated carbocycles. The minimum Gasteiger partial charge on any atom is -0.496 e. The van der Waals surface area contributed by atoms with E-state index in [1.807, 2.05) is 30.3 Å². The van der Waals surface area contributed by atoms with E-state index in [9.17, 15) is 4.79 Å². The van der Waals surface area contributed by atoms with Crippen LogP contribution < -0.4 is 4.74 Å². The van der Waals surface area contributed by atoms with Crippen LogP contribution in [0, 0.1) is 0 Å². The molecule has 160 valence electrons. The molecule has 0 aromatic heterocycles. The van der Waals surface area contributed by atoms with Crippen LogP contribution in [0.15, 0.2) is 103 Å². The second kappa shape index (κ2) is 7.03. The molecular weight excluding hydrogens is 416 g/mol. The predicted molar refractivity (Wildman–Crippen MR) is 140 cm³/mol. The Morgan fingerprint density at radius 2 is 1.15 bits per heavy atom. The standard InChI is InChI=1S/C32H20O2/c1-34-28-14-6-11-22-23(10-5-12-24(22)28)26-18-16-20-8-4-13-25-27-17-15-19-7-2-3-9-21(19)30(27)32(33)31(26)29(20)25/h2-18H,1H3. The lowest BCUT2D eigenvalue weighted by atomic mass is 9.77. The Labute approximate surface area is 197 Å². The minimum absolute atomic E-state index is 0.0889. The number of ether oxygens (including phenoxy) is 1. The van der Waals surface area contributed by atoms with E-state index in [0.717, 1.165) is 71.4 Å². The summed E-state index contributed by atoms with van der Waals surface area (Å²) in [5.41, 5.74) is 5.71. The number of rotatable bonds is 2. The van der Waals surface area contributed by atoms with Crippen LogP contribution in [0.5, 0.6) is 5.75 Å². The zero-order valence-corrected chi connectivity index (χ0v) is 18.6. The molecule has 0 spiro atoms. The van der Waals surface area contributed by atoms with Crippen molar-refractivity contribution < 1.29 is 9.53 Å². The van der Waals surface area contributed by atoms with Crippen molar-refractivity contribution in [3.8, 4) is 28.0 Å². The lowest BCUT2D eigenvalue weighted by molar-refractivity contribution is 0.104. The van der Waals surface area contributed by atoms with Gasteiger partial charge in [-0.3, -0.25) is 4.79 Å². The molecule has 0 radical (unpaired) electrons. The Balaban J connectivity index is 1.63. The topological polar surface area (TPSA) is 26.3 Å². The van der Waals surface area contributed by atoms with Gasteiger partial charge in [0.2, 0.25) is 0 Å². The third-order valence-electron chi connectivity index (χ3n) is 7.11. The van der Waals surface area contributed by atoms with Gasteiger partial charge in [0.1, 0.15) is 5.75 Å². The highest BCUT2D eigenvalue weighted by molar-refractivity contribution is 6.32. The number of ketones is 1. The number of benzene rings is 6. The Hall–Kier alpha value is -4.43. The van der Waals surface area contributed by atoms with Crippen LogP contribution in [0.3, 0.4) is 0 Å². The smallest absolute Gasteiger partial charge is 0.195 e. The molecule has 6 aromatic rings. The second-order valence-corrected chi connectivity index (χ2v) is 8.79. The van der Waals surface area contributed by atoms with Crippen LogP contribution in [-0.2, 0) is 0 Å². The fourth-order valence-corrected chi connectivity index (χ4v) is 5.62. The highest BCUT2D eigenvalue weighted by atomic mass is 16.5. The van der Waals surface area contributed by atoms with Gasteiger partial charge in [-0.2, -0.15) is 0 Å². The third kappa shape index (κ3) is 2.48. The Morgan fingerprint density at radius 3 is 2.03 bits per heavy atom. The lowest BCUT2D eigenvalue weighted by Crippen LogP contribution is -2.12. The van der Waals surface area contributed by atoms with Crippen LogP contribution in [0.1, 0.15) is 15.9 Å². The van der Waals surface area contributed by atoms with Crippen molar-refractivity contribution in [2.24, 2.45) is 0 Å². The van der Waals surface area contributed by atoms with Gasteiger partial charge in [-0.15, -0.1) is 0 Å². The quantitative estimate of drug-likeness (QED) is 0.274. The Kier molecular flexibility index (Phi) is 3.95. The summed E-state index contributed by atoms with van der Waals surface area (Å²) in [6, 6.07) is 35.2. The zero-order chi connectivity index (χ0) is 22.8. The molecule has 7 rings (SSSR count). The SMILES string of the molecule is COc1cccc2c(-c3ccc4cccc5c4c3C(=O)c3c-5ccc4ccccc34)cccc12. The van der Waals surface area contributed by atoms with Crippen molar-refractivity contribution in [1.29, 1.82) is 0 Å². The first-order valence-electron chi connectivity index (χ1n) is 11.4. The first-order valence-corrected chi connectivity index (χ1v) is 11.4. The monoisotopic (exact) mass is 436 g/mol. The van der Waals surface area contributed by atoms with E-state index in [4.69, 9.17) is 4.74 Å². The molecule has 1 aliphatic carbocycles. The van der Waals surface area contributed by atoms with Crippen molar-refractivity contribution in [2.75, 3.05) is 7.11 Å². The molecular formula is C32H20O2. The fraction of sp³-hybridized carbons (Fsp3) is 0.0312. The first-order chi connectivity index (χ1) is 16.8. The molecule has 0 N–H and O–H groups in total. The number of methoxy groups -OCH3 is 1. The van der Waals surface area contributed by atoms with Crippen molar-refractivity contribution in [2.45, 2.75) is 0 Å². The number of hydrogen-bond donors (Lipinski definition) is 0. The highest BCUT2D eigenvalue weighted by Gasteiger charge is 2.29. The molecule has 0 aliphatic heterocycles. The van der Waals surface area contributed by atoms with E-state index in [-0.39, 0.29) is 5.78 Å². The first kappa shape index (κ1) is 19.1. The zero-order valence-electron chi connectivity index (χ0n) is 18.6. The van der Waals surface area contributed by atoms with Crippen molar-refractivity contribution in [1.82, 2.24) is 0 Å². The molecule has 0 amide bonds. The van der Waals surface area contributed by atoms with Gasteiger partial charge >= 0.3 is 0 Å². The van der Waals surface area contributed by atoms with E-state index in [2.05, 4.69) is 72.8 Å². The maximum absolute atomic E-state index is 14.3. The second-order valence-electron chi connectivity index (χ2n) is 8.79. The molecule has 0 heterocycles. The van der Waals surface area contributed by atoms with E-state index in [0.29, 0.717) is 0 Å². The summed E-state index contributed by atoms with van der Waals surface area (Å²) in [5.74, 6) is 0.920. The molecule has 2 nitrogen and oxygen atoms in total. The summed E-state index contributed by atoms with van der Waals surface area (Å²) in [7, 11) is 1.69. The van der Waals surface area contributed by atoms with Gasteiger partial charge in [0.25, 0.3) is 0 Å². The molecule has 0 bridgehead atoms. The molecule has 2 heteroatoms. The van der Waals surface area contributed by atoms with Crippen LogP contribution in [-0.4, -0.2) is 12.9 Å². The summed E-state index contributed by atoms with van der Waals surface area (Å²) in [6.45, 7) is 0. The number of hydrogen-bond acceptors (Lipinski definition) is 2. The molecule has 1 aliphatic rings. The van der Waals surface area contributed by atoms with Gasteiger partial charge in [0.15, 0.2) is 5.78 Å². The maximum Gasteiger partial charge on any atom is 0.195 e.